The van der Waals surface area contributed by atoms with E-state index in [2.05, 4.69) is 10.4 Å². The number of carbonyl (C=O) groups is 1. The lowest BCUT2D eigenvalue weighted by molar-refractivity contribution is -0.136. The molecule has 1 amide bonds. The van der Waals surface area contributed by atoms with Crippen molar-refractivity contribution in [3.8, 4) is 0 Å². The Bertz CT molecular complexity index is 404. The summed E-state index contributed by atoms with van der Waals surface area (Å²) in [6, 6.07) is -0.213. The van der Waals surface area contributed by atoms with Crippen molar-refractivity contribution < 1.29 is 9.53 Å². The van der Waals surface area contributed by atoms with Gasteiger partial charge in [0.25, 0.3) is 0 Å². The van der Waals surface area contributed by atoms with Gasteiger partial charge in [0.1, 0.15) is 6.04 Å². The van der Waals surface area contributed by atoms with Crippen molar-refractivity contribution in [3.63, 3.8) is 0 Å². The molecule has 2 rings (SSSR count). The number of morpholine rings is 1. The Kier molecular flexibility index (Phi) is 6.27. The molecule has 1 aliphatic rings. The molecule has 1 saturated heterocycles. The molecule has 0 saturated carbocycles. The highest BCUT2D eigenvalue weighted by molar-refractivity contribution is 5.85. The lowest BCUT2D eigenvalue weighted by atomic mass is 10.2. The SMILES string of the molecule is CCN(Cc1cnn(C)c1)C(=O)C1COCCN1.Cl. The van der Waals surface area contributed by atoms with Crippen molar-refractivity contribution in [2.75, 3.05) is 26.3 Å². The normalized spacial score (nSPS) is 18.7. The van der Waals surface area contributed by atoms with Crippen LogP contribution in [0.25, 0.3) is 0 Å². The van der Waals surface area contributed by atoms with E-state index in [9.17, 15) is 4.79 Å². The zero-order chi connectivity index (χ0) is 13.0. The Labute approximate surface area is 119 Å². The molecule has 1 unspecified atom stereocenters. The molecule has 0 spiro atoms. The summed E-state index contributed by atoms with van der Waals surface area (Å²) in [7, 11) is 1.87. The van der Waals surface area contributed by atoms with Crippen LogP contribution in [0.5, 0.6) is 0 Å². The van der Waals surface area contributed by atoms with E-state index in [0.29, 0.717) is 26.3 Å². The van der Waals surface area contributed by atoms with Crippen LogP contribution in [0, 0.1) is 0 Å². The second-order valence-corrected chi connectivity index (χ2v) is 4.46. The largest absolute Gasteiger partial charge is 0.378 e. The molecular weight excluding hydrogens is 268 g/mol. The van der Waals surface area contributed by atoms with Gasteiger partial charge in [-0.2, -0.15) is 5.10 Å². The second-order valence-electron chi connectivity index (χ2n) is 4.46. The Morgan fingerprint density at radius 1 is 1.68 bits per heavy atom. The van der Waals surface area contributed by atoms with Crippen LogP contribution in [-0.4, -0.2) is 52.9 Å². The van der Waals surface area contributed by atoms with Crippen LogP contribution < -0.4 is 5.32 Å². The molecule has 108 valence electrons. The molecule has 1 atom stereocenters. The van der Waals surface area contributed by atoms with Crippen LogP contribution in [0.1, 0.15) is 12.5 Å². The number of nitrogens with zero attached hydrogens (tertiary/aromatic N) is 3. The predicted molar refractivity (Wildman–Crippen MR) is 74.2 cm³/mol. The summed E-state index contributed by atoms with van der Waals surface area (Å²) in [4.78, 5) is 14.1. The highest BCUT2D eigenvalue weighted by atomic mass is 35.5. The zero-order valence-electron chi connectivity index (χ0n) is 11.3. The van der Waals surface area contributed by atoms with Gasteiger partial charge in [-0.05, 0) is 6.92 Å². The van der Waals surface area contributed by atoms with Crippen LogP contribution in [0.3, 0.4) is 0 Å². The third-order valence-corrected chi connectivity index (χ3v) is 3.04. The predicted octanol–water partition coefficient (Wildman–Crippen LogP) is 0.179. The summed E-state index contributed by atoms with van der Waals surface area (Å²) in [5.41, 5.74) is 1.05. The Balaban J connectivity index is 0.00000180. The van der Waals surface area contributed by atoms with E-state index in [-0.39, 0.29) is 24.4 Å². The highest BCUT2D eigenvalue weighted by Gasteiger charge is 2.25. The van der Waals surface area contributed by atoms with E-state index in [1.165, 1.54) is 0 Å². The van der Waals surface area contributed by atoms with Gasteiger partial charge in [-0.25, -0.2) is 0 Å². The fourth-order valence-corrected chi connectivity index (χ4v) is 2.06. The Hall–Kier alpha value is -1.11. The van der Waals surface area contributed by atoms with E-state index in [1.54, 1.807) is 10.9 Å². The maximum Gasteiger partial charge on any atom is 0.242 e. The summed E-state index contributed by atoms with van der Waals surface area (Å²) in [6.45, 7) is 5.15. The number of carbonyl (C=O) groups excluding carboxylic acids is 1. The minimum absolute atomic E-state index is 0. The van der Waals surface area contributed by atoms with Gasteiger partial charge in [-0.3, -0.25) is 9.48 Å². The summed E-state index contributed by atoms with van der Waals surface area (Å²) in [5.74, 6) is 0.0982. The minimum atomic E-state index is -0.213. The summed E-state index contributed by atoms with van der Waals surface area (Å²) < 4.78 is 7.07. The highest BCUT2D eigenvalue weighted by Crippen LogP contribution is 2.06. The zero-order valence-corrected chi connectivity index (χ0v) is 12.2. The van der Waals surface area contributed by atoms with E-state index >= 15 is 0 Å². The number of nitrogens with one attached hydrogen (secondary N) is 1. The number of hydrogen-bond donors (Lipinski definition) is 1. The van der Waals surface area contributed by atoms with Gasteiger partial charge in [-0.15, -0.1) is 12.4 Å². The van der Waals surface area contributed by atoms with Crippen molar-refractivity contribution in [1.29, 1.82) is 0 Å². The Morgan fingerprint density at radius 3 is 3.00 bits per heavy atom. The molecule has 2 heterocycles. The van der Waals surface area contributed by atoms with Gasteiger partial charge in [0.15, 0.2) is 0 Å². The number of amides is 1. The van der Waals surface area contributed by atoms with Gasteiger partial charge in [-0.1, -0.05) is 0 Å². The van der Waals surface area contributed by atoms with Crippen molar-refractivity contribution in [3.05, 3.63) is 18.0 Å². The summed E-state index contributed by atoms with van der Waals surface area (Å²) >= 11 is 0. The van der Waals surface area contributed by atoms with Gasteiger partial charge in [0, 0.05) is 38.4 Å². The molecule has 6 nitrogen and oxygen atoms in total. The molecule has 0 bridgehead atoms. The number of rotatable bonds is 4. The fraction of sp³-hybridized carbons (Fsp3) is 0.667. The van der Waals surface area contributed by atoms with Gasteiger partial charge < -0.3 is 15.0 Å². The average molecular weight is 289 g/mol. The van der Waals surface area contributed by atoms with Gasteiger partial charge in [0.05, 0.1) is 19.4 Å². The molecule has 0 aromatic carbocycles. The van der Waals surface area contributed by atoms with E-state index in [4.69, 9.17) is 4.74 Å². The van der Waals surface area contributed by atoms with Gasteiger partial charge in [0.2, 0.25) is 5.91 Å². The first-order chi connectivity index (χ1) is 8.70. The topological polar surface area (TPSA) is 59.4 Å². The van der Waals surface area contributed by atoms with Crippen molar-refractivity contribution >= 4 is 18.3 Å². The van der Waals surface area contributed by atoms with Crippen LogP contribution in [-0.2, 0) is 23.1 Å². The number of hydrogen-bond acceptors (Lipinski definition) is 4. The summed E-state index contributed by atoms with van der Waals surface area (Å²) in [6.07, 6.45) is 3.72. The van der Waals surface area contributed by atoms with Gasteiger partial charge >= 0.3 is 0 Å². The molecule has 1 aromatic heterocycles. The van der Waals surface area contributed by atoms with Crippen LogP contribution in [0.15, 0.2) is 12.4 Å². The molecule has 1 aliphatic heterocycles. The summed E-state index contributed by atoms with van der Waals surface area (Å²) in [5, 5.41) is 7.30. The lowest BCUT2D eigenvalue weighted by Gasteiger charge is -2.29. The number of likely N-dealkylation sites (N-methyl/N-ethyl adjacent to an activating group) is 1. The molecular formula is C12H21ClN4O2. The maximum atomic E-state index is 12.3. The lowest BCUT2D eigenvalue weighted by Crippen LogP contribution is -2.52. The number of aryl methyl sites for hydroxylation is 1. The van der Waals surface area contributed by atoms with E-state index in [1.807, 2.05) is 25.1 Å². The second kappa shape index (κ2) is 7.47. The van der Waals surface area contributed by atoms with Crippen LogP contribution in [0.4, 0.5) is 0 Å². The van der Waals surface area contributed by atoms with E-state index in [0.717, 1.165) is 12.1 Å². The van der Waals surface area contributed by atoms with Crippen LogP contribution >= 0.6 is 12.4 Å². The first-order valence-corrected chi connectivity index (χ1v) is 6.28. The average Bonchev–Trinajstić information content (AvgIpc) is 2.82. The van der Waals surface area contributed by atoms with Crippen LogP contribution in [0.2, 0.25) is 0 Å². The van der Waals surface area contributed by atoms with Crippen molar-refractivity contribution in [2.45, 2.75) is 19.5 Å². The monoisotopic (exact) mass is 288 g/mol. The Morgan fingerprint density at radius 2 is 2.47 bits per heavy atom. The third-order valence-electron chi connectivity index (χ3n) is 3.04. The first-order valence-electron chi connectivity index (χ1n) is 6.28. The molecule has 19 heavy (non-hydrogen) atoms. The molecule has 7 heteroatoms. The maximum absolute atomic E-state index is 12.3. The van der Waals surface area contributed by atoms with Crippen molar-refractivity contribution in [2.24, 2.45) is 7.05 Å². The molecule has 0 aliphatic carbocycles. The molecule has 0 radical (unpaired) electrons. The minimum Gasteiger partial charge on any atom is -0.378 e. The molecule has 1 aromatic rings. The number of aromatic nitrogens is 2. The van der Waals surface area contributed by atoms with E-state index < -0.39 is 0 Å². The first kappa shape index (κ1) is 15.9. The quantitative estimate of drug-likeness (QED) is 0.859. The smallest absolute Gasteiger partial charge is 0.242 e. The fourth-order valence-electron chi connectivity index (χ4n) is 2.06. The number of halogens is 1. The standard InChI is InChI=1S/C12H20N4O2.ClH/c1-3-16(8-10-6-14-15(2)7-10)12(17)11-9-18-5-4-13-11;/h6-7,11,13H,3-5,8-9H2,1-2H3;1H. The third kappa shape index (κ3) is 4.19. The number of ether oxygens (including phenoxy) is 1. The molecule has 1 fully saturated rings. The molecule has 1 N–H and O–H groups in total. The van der Waals surface area contributed by atoms with Crippen molar-refractivity contribution in [1.82, 2.24) is 20.0 Å².